The summed E-state index contributed by atoms with van der Waals surface area (Å²) in [4.78, 5) is 0. The molecule has 1 aliphatic heterocycles. The predicted molar refractivity (Wildman–Crippen MR) is 63.9 cm³/mol. The van der Waals surface area contributed by atoms with Crippen LogP contribution in [0.5, 0.6) is 5.75 Å². The SMILES string of the molecule is N[C@H]1CCOc2ccc(I)c(Br)c21. The van der Waals surface area contributed by atoms with Crippen LogP contribution in [0.4, 0.5) is 0 Å². The summed E-state index contributed by atoms with van der Waals surface area (Å²) in [7, 11) is 0. The number of hydrogen-bond acceptors (Lipinski definition) is 2. The highest BCUT2D eigenvalue weighted by molar-refractivity contribution is 14.1. The van der Waals surface area contributed by atoms with Gasteiger partial charge in [-0.15, -0.1) is 0 Å². The molecule has 4 heteroatoms. The van der Waals surface area contributed by atoms with Crippen molar-refractivity contribution >= 4 is 38.5 Å². The lowest BCUT2D eigenvalue weighted by Crippen LogP contribution is -2.21. The van der Waals surface area contributed by atoms with Crippen LogP contribution in [-0.2, 0) is 0 Å². The molecule has 1 heterocycles. The van der Waals surface area contributed by atoms with Gasteiger partial charge in [0.15, 0.2) is 0 Å². The van der Waals surface area contributed by atoms with E-state index in [9.17, 15) is 0 Å². The molecule has 0 unspecified atom stereocenters. The van der Waals surface area contributed by atoms with E-state index in [-0.39, 0.29) is 6.04 Å². The molecular formula is C9H9BrINO. The Hall–Kier alpha value is 0.190. The minimum Gasteiger partial charge on any atom is -0.493 e. The molecule has 2 N–H and O–H groups in total. The molecule has 0 saturated heterocycles. The number of rotatable bonds is 0. The standard InChI is InChI=1S/C9H9BrINO/c10-9-5(11)1-2-7-8(9)6(12)3-4-13-7/h1-2,6H,3-4,12H2/t6-/m0/s1. The largest absolute Gasteiger partial charge is 0.493 e. The van der Waals surface area contributed by atoms with Crippen molar-refractivity contribution in [3.63, 3.8) is 0 Å². The van der Waals surface area contributed by atoms with E-state index in [2.05, 4.69) is 38.5 Å². The lowest BCUT2D eigenvalue weighted by molar-refractivity contribution is 0.268. The fourth-order valence-corrected chi connectivity index (χ4v) is 2.55. The monoisotopic (exact) mass is 353 g/mol. The zero-order valence-electron chi connectivity index (χ0n) is 6.89. The van der Waals surface area contributed by atoms with Gasteiger partial charge in [0.05, 0.1) is 6.61 Å². The first-order chi connectivity index (χ1) is 6.20. The van der Waals surface area contributed by atoms with Gasteiger partial charge in [0.25, 0.3) is 0 Å². The topological polar surface area (TPSA) is 35.2 Å². The number of benzene rings is 1. The number of fused-ring (bicyclic) bond motifs is 1. The van der Waals surface area contributed by atoms with Gasteiger partial charge >= 0.3 is 0 Å². The molecule has 1 atom stereocenters. The average Bonchev–Trinajstić information content (AvgIpc) is 2.12. The third kappa shape index (κ3) is 1.71. The molecule has 1 aromatic carbocycles. The first-order valence-corrected chi connectivity index (χ1v) is 5.93. The maximum absolute atomic E-state index is 6.00. The highest BCUT2D eigenvalue weighted by Gasteiger charge is 2.21. The summed E-state index contributed by atoms with van der Waals surface area (Å²) >= 11 is 5.82. The van der Waals surface area contributed by atoms with Crippen LogP contribution in [0.3, 0.4) is 0 Å². The summed E-state index contributed by atoms with van der Waals surface area (Å²) in [5.41, 5.74) is 7.11. The summed E-state index contributed by atoms with van der Waals surface area (Å²) < 4.78 is 7.78. The molecule has 0 amide bonds. The van der Waals surface area contributed by atoms with Crippen molar-refractivity contribution in [1.82, 2.24) is 0 Å². The first kappa shape index (κ1) is 9.73. The lowest BCUT2D eigenvalue weighted by atomic mass is 10.0. The van der Waals surface area contributed by atoms with E-state index in [1.165, 1.54) is 3.57 Å². The van der Waals surface area contributed by atoms with Crippen LogP contribution in [0.1, 0.15) is 18.0 Å². The van der Waals surface area contributed by atoms with Gasteiger partial charge in [0.1, 0.15) is 5.75 Å². The van der Waals surface area contributed by atoms with Crippen LogP contribution >= 0.6 is 38.5 Å². The lowest BCUT2D eigenvalue weighted by Gasteiger charge is -2.24. The van der Waals surface area contributed by atoms with Crippen molar-refractivity contribution in [2.75, 3.05) is 6.61 Å². The van der Waals surface area contributed by atoms with E-state index in [0.29, 0.717) is 0 Å². The molecule has 0 radical (unpaired) electrons. The zero-order chi connectivity index (χ0) is 9.42. The Morgan fingerprint density at radius 2 is 2.31 bits per heavy atom. The molecule has 0 bridgehead atoms. The highest BCUT2D eigenvalue weighted by atomic mass is 127. The van der Waals surface area contributed by atoms with Crippen molar-refractivity contribution in [1.29, 1.82) is 0 Å². The maximum atomic E-state index is 6.00. The second kappa shape index (κ2) is 3.74. The summed E-state index contributed by atoms with van der Waals surface area (Å²) in [6, 6.07) is 4.12. The summed E-state index contributed by atoms with van der Waals surface area (Å²) in [6.07, 6.45) is 0.895. The van der Waals surface area contributed by atoms with Crippen molar-refractivity contribution in [2.24, 2.45) is 5.73 Å². The van der Waals surface area contributed by atoms with E-state index in [1.54, 1.807) is 0 Å². The van der Waals surface area contributed by atoms with Crippen molar-refractivity contribution < 1.29 is 4.74 Å². The zero-order valence-corrected chi connectivity index (χ0v) is 10.6. The Bertz CT molecular complexity index is 343. The molecule has 13 heavy (non-hydrogen) atoms. The van der Waals surface area contributed by atoms with E-state index in [4.69, 9.17) is 10.5 Å². The second-order valence-corrected chi connectivity index (χ2v) is 4.97. The smallest absolute Gasteiger partial charge is 0.125 e. The fraction of sp³-hybridized carbons (Fsp3) is 0.333. The van der Waals surface area contributed by atoms with Gasteiger partial charge in [-0.2, -0.15) is 0 Å². The molecule has 0 fully saturated rings. The Morgan fingerprint density at radius 3 is 3.08 bits per heavy atom. The molecule has 0 aromatic heterocycles. The van der Waals surface area contributed by atoms with E-state index < -0.39 is 0 Å². The van der Waals surface area contributed by atoms with Crippen LogP contribution in [-0.4, -0.2) is 6.61 Å². The van der Waals surface area contributed by atoms with Crippen LogP contribution in [0, 0.1) is 3.57 Å². The van der Waals surface area contributed by atoms with Gasteiger partial charge in [0.2, 0.25) is 0 Å². The van der Waals surface area contributed by atoms with E-state index in [1.807, 2.05) is 12.1 Å². The highest BCUT2D eigenvalue weighted by Crippen LogP contribution is 2.38. The van der Waals surface area contributed by atoms with E-state index in [0.717, 1.165) is 28.8 Å². The number of nitrogens with two attached hydrogens (primary N) is 1. The van der Waals surface area contributed by atoms with Crippen molar-refractivity contribution in [3.8, 4) is 5.75 Å². The van der Waals surface area contributed by atoms with Gasteiger partial charge in [-0.05, 0) is 50.7 Å². The Morgan fingerprint density at radius 1 is 1.54 bits per heavy atom. The minimum atomic E-state index is 0.104. The van der Waals surface area contributed by atoms with Crippen molar-refractivity contribution in [2.45, 2.75) is 12.5 Å². The maximum Gasteiger partial charge on any atom is 0.125 e. The molecule has 0 spiro atoms. The molecule has 70 valence electrons. The minimum absolute atomic E-state index is 0.104. The molecule has 0 aliphatic carbocycles. The summed E-state index contributed by atoms with van der Waals surface area (Å²) in [5.74, 6) is 0.922. The number of halogens is 2. The Balaban J connectivity index is 2.58. The van der Waals surface area contributed by atoms with Crippen LogP contribution in [0.2, 0.25) is 0 Å². The van der Waals surface area contributed by atoms with Crippen LogP contribution in [0.15, 0.2) is 16.6 Å². The quantitative estimate of drug-likeness (QED) is 0.728. The second-order valence-electron chi connectivity index (χ2n) is 3.02. The summed E-state index contributed by atoms with van der Waals surface area (Å²) in [5, 5.41) is 0. The van der Waals surface area contributed by atoms with Crippen molar-refractivity contribution in [3.05, 3.63) is 25.7 Å². The first-order valence-electron chi connectivity index (χ1n) is 4.06. The van der Waals surface area contributed by atoms with Gasteiger partial charge in [-0.1, -0.05) is 0 Å². The molecule has 2 nitrogen and oxygen atoms in total. The van der Waals surface area contributed by atoms with Gasteiger partial charge < -0.3 is 10.5 Å². The third-order valence-electron chi connectivity index (χ3n) is 2.15. The van der Waals surface area contributed by atoms with E-state index >= 15 is 0 Å². The molecular weight excluding hydrogens is 345 g/mol. The average molecular weight is 354 g/mol. The molecule has 0 saturated carbocycles. The molecule has 1 aromatic rings. The molecule has 2 rings (SSSR count). The van der Waals surface area contributed by atoms with Gasteiger partial charge in [-0.3, -0.25) is 0 Å². The Labute approximate surface area is 99.1 Å². The molecule has 1 aliphatic rings. The normalized spacial score (nSPS) is 20.7. The predicted octanol–water partition coefficient (Wildman–Crippen LogP) is 2.84. The number of ether oxygens (including phenoxy) is 1. The third-order valence-corrected chi connectivity index (χ3v) is 4.64. The van der Waals surface area contributed by atoms with Gasteiger partial charge in [-0.25, -0.2) is 0 Å². The number of hydrogen-bond donors (Lipinski definition) is 1. The summed E-state index contributed by atoms with van der Waals surface area (Å²) in [6.45, 7) is 0.723. The fourth-order valence-electron chi connectivity index (χ4n) is 1.46. The van der Waals surface area contributed by atoms with Gasteiger partial charge in [0, 0.05) is 26.1 Å². The Kier molecular flexibility index (Phi) is 2.80. The van der Waals surface area contributed by atoms with Crippen LogP contribution in [0.25, 0.3) is 0 Å². The van der Waals surface area contributed by atoms with Crippen LogP contribution < -0.4 is 10.5 Å².